The van der Waals surface area contributed by atoms with Gasteiger partial charge in [0.2, 0.25) is 0 Å². The van der Waals surface area contributed by atoms with Gasteiger partial charge in [0.25, 0.3) is 0 Å². The minimum Gasteiger partial charge on any atom is -0.490 e. The number of rotatable bonds is 8. The van der Waals surface area contributed by atoms with Crippen molar-refractivity contribution < 1.29 is 19.7 Å². The van der Waals surface area contributed by atoms with E-state index in [9.17, 15) is 10.2 Å². The maximum absolute atomic E-state index is 10.1. The van der Waals surface area contributed by atoms with Gasteiger partial charge in [0.1, 0.15) is 24.7 Å². The second kappa shape index (κ2) is 7.98. The molecule has 29 heavy (non-hydrogen) atoms. The van der Waals surface area contributed by atoms with Gasteiger partial charge in [-0.3, -0.25) is 0 Å². The van der Waals surface area contributed by atoms with E-state index in [4.69, 9.17) is 21.1 Å². The molecule has 2 aliphatic rings. The van der Waals surface area contributed by atoms with Crippen molar-refractivity contribution in [3.8, 4) is 11.5 Å². The Balaban J connectivity index is 1.93. The average molecular weight is 419 g/mol. The van der Waals surface area contributed by atoms with Crippen LogP contribution in [0.25, 0.3) is 10.8 Å². The molecule has 1 fully saturated rings. The molecule has 1 saturated carbocycles. The van der Waals surface area contributed by atoms with Crippen molar-refractivity contribution in [3.05, 3.63) is 34.3 Å². The molecule has 4 atom stereocenters. The molecule has 0 spiro atoms. The smallest absolute Gasteiger partial charge is 0.132 e. The molecular weight excluding hydrogens is 388 g/mol. The van der Waals surface area contributed by atoms with Crippen LogP contribution in [0, 0.1) is 0 Å². The summed E-state index contributed by atoms with van der Waals surface area (Å²) in [7, 11) is 0. The first-order valence-corrected chi connectivity index (χ1v) is 11.2. The number of halogens is 1. The number of aliphatic hydroxyl groups is 2. The van der Waals surface area contributed by atoms with Gasteiger partial charge in [-0.15, -0.1) is 0 Å². The number of benzene rings is 2. The summed E-state index contributed by atoms with van der Waals surface area (Å²) < 4.78 is 12.5. The molecule has 0 aliphatic heterocycles. The average Bonchev–Trinajstić information content (AvgIpc) is 3.24. The lowest BCUT2D eigenvalue weighted by molar-refractivity contribution is 0.102. The summed E-state index contributed by atoms with van der Waals surface area (Å²) in [4.78, 5) is 0. The summed E-state index contributed by atoms with van der Waals surface area (Å²) >= 11 is 6.66. The number of fused-ring (bicyclic) bond motifs is 6. The molecule has 4 unspecified atom stereocenters. The van der Waals surface area contributed by atoms with Crippen LogP contribution >= 0.6 is 11.6 Å². The molecule has 5 heteroatoms. The lowest BCUT2D eigenvalue weighted by Gasteiger charge is -2.30. The predicted molar refractivity (Wildman–Crippen MR) is 116 cm³/mol. The highest BCUT2D eigenvalue weighted by molar-refractivity contribution is 6.36. The summed E-state index contributed by atoms with van der Waals surface area (Å²) in [5.41, 5.74) is 2.46. The minimum absolute atomic E-state index is 0.0461. The lowest BCUT2D eigenvalue weighted by Crippen LogP contribution is -2.22. The van der Waals surface area contributed by atoms with Crippen LogP contribution in [0.5, 0.6) is 11.5 Å². The number of ether oxygens (including phenoxy) is 2. The highest BCUT2D eigenvalue weighted by Gasteiger charge is 2.50. The monoisotopic (exact) mass is 418 g/mol. The minimum atomic E-state index is -0.506. The first kappa shape index (κ1) is 20.8. The van der Waals surface area contributed by atoms with Gasteiger partial charge in [-0.1, -0.05) is 44.5 Å². The predicted octanol–water partition coefficient (Wildman–Crippen LogP) is 5.33. The Morgan fingerprint density at radius 3 is 2.41 bits per heavy atom. The summed E-state index contributed by atoms with van der Waals surface area (Å²) in [6.07, 6.45) is 3.62. The van der Waals surface area contributed by atoms with Crippen LogP contribution < -0.4 is 9.47 Å². The van der Waals surface area contributed by atoms with E-state index >= 15 is 0 Å². The summed E-state index contributed by atoms with van der Waals surface area (Å²) in [6.45, 7) is 6.72. The fraction of sp³-hybridized carbons (Fsp3) is 0.583. The first-order valence-electron chi connectivity index (χ1n) is 10.8. The van der Waals surface area contributed by atoms with Crippen molar-refractivity contribution in [2.24, 2.45) is 0 Å². The molecule has 0 aromatic heterocycles. The number of hydrogen-bond donors (Lipinski definition) is 2. The van der Waals surface area contributed by atoms with Crippen LogP contribution in [-0.4, -0.2) is 35.6 Å². The zero-order valence-electron chi connectivity index (χ0n) is 17.5. The third kappa shape index (κ3) is 3.49. The third-order valence-electron chi connectivity index (χ3n) is 6.76. The molecule has 0 heterocycles. The van der Waals surface area contributed by atoms with E-state index < -0.39 is 12.2 Å². The van der Waals surface area contributed by atoms with Crippen molar-refractivity contribution in [1.82, 2.24) is 0 Å². The van der Waals surface area contributed by atoms with Gasteiger partial charge in [0, 0.05) is 21.9 Å². The van der Waals surface area contributed by atoms with E-state index in [0.717, 1.165) is 41.5 Å². The molecule has 2 aromatic carbocycles. The quantitative estimate of drug-likeness (QED) is 0.608. The highest BCUT2D eigenvalue weighted by Crippen LogP contribution is 2.64. The van der Waals surface area contributed by atoms with Gasteiger partial charge in [0.15, 0.2) is 0 Å². The normalized spacial score (nSPS) is 24.6. The molecule has 2 aliphatic carbocycles. The van der Waals surface area contributed by atoms with Crippen molar-refractivity contribution in [2.45, 2.75) is 76.4 Å². The molecule has 4 rings (SSSR count). The van der Waals surface area contributed by atoms with Gasteiger partial charge in [-0.05, 0) is 49.5 Å². The zero-order valence-corrected chi connectivity index (χ0v) is 18.3. The van der Waals surface area contributed by atoms with E-state index in [1.165, 1.54) is 11.1 Å². The molecule has 158 valence electrons. The van der Waals surface area contributed by atoms with Crippen LogP contribution in [0.15, 0.2) is 18.2 Å². The van der Waals surface area contributed by atoms with E-state index in [-0.39, 0.29) is 18.6 Å². The first-order chi connectivity index (χ1) is 13.9. The van der Waals surface area contributed by atoms with Gasteiger partial charge >= 0.3 is 0 Å². The van der Waals surface area contributed by atoms with Crippen molar-refractivity contribution in [2.75, 3.05) is 13.2 Å². The Hall–Kier alpha value is -1.49. The standard InChI is InChI=1S/C24H31ClO4/c1-4-15(26)12-28-22-17-7-6-8-18(25)20(17)23(29-13-16(27)5-2)19-14-9-10-24(3,11-14)21(19)22/h6-8,14-16,26-27H,4-5,9-13H2,1-3H3. The molecular formula is C24H31ClO4. The van der Waals surface area contributed by atoms with Crippen LogP contribution in [0.1, 0.15) is 69.9 Å². The molecule has 4 nitrogen and oxygen atoms in total. The summed E-state index contributed by atoms with van der Waals surface area (Å²) in [5.74, 6) is 2.07. The topological polar surface area (TPSA) is 58.9 Å². The van der Waals surface area contributed by atoms with Gasteiger partial charge in [-0.25, -0.2) is 0 Å². The lowest BCUT2D eigenvalue weighted by atomic mass is 9.78. The SMILES string of the molecule is CCC(O)COc1c2c(c(OCC(O)CC)c3c(Cl)cccc13)C1CCC2(C)C1. The van der Waals surface area contributed by atoms with Crippen LogP contribution in [0.3, 0.4) is 0 Å². The fourth-order valence-corrected chi connectivity index (χ4v) is 5.31. The Kier molecular flexibility index (Phi) is 5.71. The Morgan fingerprint density at radius 1 is 1.10 bits per heavy atom. The fourth-order valence-electron chi connectivity index (χ4n) is 5.05. The van der Waals surface area contributed by atoms with Gasteiger partial charge in [-0.2, -0.15) is 0 Å². The van der Waals surface area contributed by atoms with E-state index in [2.05, 4.69) is 6.92 Å². The Labute approximate surface area is 177 Å². The third-order valence-corrected chi connectivity index (χ3v) is 7.08. The molecule has 2 bridgehead atoms. The van der Waals surface area contributed by atoms with Gasteiger partial charge in [0.05, 0.1) is 17.2 Å². The largest absolute Gasteiger partial charge is 0.490 e. The van der Waals surface area contributed by atoms with E-state index in [1.807, 2.05) is 32.0 Å². The number of hydrogen-bond acceptors (Lipinski definition) is 4. The maximum atomic E-state index is 10.1. The summed E-state index contributed by atoms with van der Waals surface area (Å²) in [5, 5.41) is 22.6. The second-order valence-corrected chi connectivity index (χ2v) is 9.26. The molecule has 2 aromatic rings. The molecule has 0 radical (unpaired) electrons. The van der Waals surface area contributed by atoms with Crippen LogP contribution in [-0.2, 0) is 5.41 Å². The maximum Gasteiger partial charge on any atom is 0.132 e. The van der Waals surface area contributed by atoms with E-state index in [0.29, 0.717) is 23.8 Å². The zero-order chi connectivity index (χ0) is 20.8. The van der Waals surface area contributed by atoms with Crippen molar-refractivity contribution in [3.63, 3.8) is 0 Å². The highest BCUT2D eigenvalue weighted by atomic mass is 35.5. The van der Waals surface area contributed by atoms with Crippen molar-refractivity contribution >= 4 is 22.4 Å². The molecule has 2 N–H and O–H groups in total. The van der Waals surface area contributed by atoms with Crippen LogP contribution in [0.4, 0.5) is 0 Å². The van der Waals surface area contributed by atoms with Gasteiger partial charge < -0.3 is 19.7 Å². The van der Waals surface area contributed by atoms with Crippen LogP contribution in [0.2, 0.25) is 5.02 Å². The Morgan fingerprint density at radius 2 is 1.76 bits per heavy atom. The molecule has 0 saturated heterocycles. The van der Waals surface area contributed by atoms with E-state index in [1.54, 1.807) is 0 Å². The number of aliphatic hydroxyl groups excluding tert-OH is 2. The molecule has 0 amide bonds. The Bertz CT molecular complexity index is 912. The summed E-state index contributed by atoms with van der Waals surface area (Å²) in [6, 6.07) is 5.83. The van der Waals surface area contributed by atoms with Crippen molar-refractivity contribution in [1.29, 1.82) is 0 Å². The second-order valence-electron chi connectivity index (χ2n) is 8.86.